The number of hydrogen-bond acceptors (Lipinski definition) is 1. The van der Waals surface area contributed by atoms with Gasteiger partial charge in [0.2, 0.25) is 0 Å². The number of aryl methyl sites for hydroxylation is 1. The molecule has 0 aliphatic rings. The molecule has 0 aromatic heterocycles. The molecule has 0 saturated carbocycles. The van der Waals surface area contributed by atoms with Crippen molar-refractivity contribution in [1.29, 1.82) is 0 Å². The van der Waals surface area contributed by atoms with Crippen molar-refractivity contribution in [3.05, 3.63) is 46.5 Å². The minimum atomic E-state index is -1.73. The second-order valence-electron chi connectivity index (χ2n) is 7.99. The van der Waals surface area contributed by atoms with Crippen LogP contribution in [0.3, 0.4) is 0 Å². The van der Waals surface area contributed by atoms with E-state index in [-0.39, 0.29) is 0 Å². The molecular formula is C22H37BrOSi. The van der Waals surface area contributed by atoms with Gasteiger partial charge in [-0.25, -0.2) is 0 Å². The molecule has 1 nitrogen and oxygen atoms in total. The molecule has 1 aromatic carbocycles. The quantitative estimate of drug-likeness (QED) is 0.261. The number of hydrogen-bond donors (Lipinski definition) is 0. The summed E-state index contributed by atoms with van der Waals surface area (Å²) < 4.78 is 6.67. The highest BCUT2D eigenvalue weighted by molar-refractivity contribution is 9.11. The Morgan fingerprint density at radius 2 is 1.36 bits per heavy atom. The van der Waals surface area contributed by atoms with Crippen LogP contribution < -0.4 is 0 Å². The summed E-state index contributed by atoms with van der Waals surface area (Å²) in [5.41, 5.74) is 4.79. The number of benzene rings is 1. The van der Waals surface area contributed by atoms with E-state index in [0.717, 1.165) is 25.9 Å². The average molecular weight is 426 g/mol. The normalized spacial score (nSPS) is 12.9. The molecule has 0 aliphatic heterocycles. The lowest BCUT2D eigenvalue weighted by molar-refractivity contribution is 0.281. The maximum Gasteiger partial charge on any atom is 0.200 e. The third kappa shape index (κ3) is 6.69. The van der Waals surface area contributed by atoms with Crippen molar-refractivity contribution >= 4 is 24.2 Å². The fourth-order valence-electron chi connectivity index (χ4n) is 4.21. The molecule has 0 spiro atoms. The fourth-order valence-corrected chi connectivity index (χ4v) is 9.93. The molecule has 0 saturated heterocycles. The van der Waals surface area contributed by atoms with E-state index < -0.39 is 8.32 Å². The lowest BCUT2D eigenvalue weighted by Gasteiger charge is -2.42. The Bertz CT molecular complexity index is 483. The van der Waals surface area contributed by atoms with Gasteiger partial charge >= 0.3 is 0 Å². The Morgan fingerprint density at radius 1 is 0.880 bits per heavy atom. The van der Waals surface area contributed by atoms with E-state index in [0.29, 0.717) is 16.6 Å². The molecular weight excluding hydrogens is 388 g/mol. The van der Waals surface area contributed by atoms with Gasteiger partial charge in [-0.1, -0.05) is 87.8 Å². The molecule has 3 heteroatoms. The van der Waals surface area contributed by atoms with Crippen molar-refractivity contribution in [3.8, 4) is 0 Å². The summed E-state index contributed by atoms with van der Waals surface area (Å²) in [7, 11) is -1.73. The zero-order chi connectivity index (χ0) is 18.9. The molecule has 1 aromatic rings. The van der Waals surface area contributed by atoms with Crippen molar-refractivity contribution in [3.63, 3.8) is 0 Å². The van der Waals surface area contributed by atoms with Gasteiger partial charge < -0.3 is 4.43 Å². The van der Waals surface area contributed by atoms with Crippen LogP contribution in [0.1, 0.15) is 65.5 Å². The van der Waals surface area contributed by atoms with Gasteiger partial charge in [0.25, 0.3) is 0 Å². The maximum absolute atomic E-state index is 6.67. The van der Waals surface area contributed by atoms with Crippen LogP contribution in [0.5, 0.6) is 0 Å². The molecule has 0 radical (unpaired) electrons. The highest BCUT2D eigenvalue weighted by Gasteiger charge is 2.44. The summed E-state index contributed by atoms with van der Waals surface area (Å²) in [6.07, 6.45) is 6.68. The summed E-state index contributed by atoms with van der Waals surface area (Å²) in [6, 6.07) is 9.13. The molecule has 0 fully saturated rings. The van der Waals surface area contributed by atoms with Crippen LogP contribution in [0, 0.1) is 0 Å². The van der Waals surface area contributed by atoms with Crippen molar-refractivity contribution in [2.75, 3.05) is 6.61 Å². The summed E-state index contributed by atoms with van der Waals surface area (Å²) >= 11 is 3.32. The van der Waals surface area contributed by atoms with E-state index in [4.69, 9.17) is 4.43 Å². The van der Waals surface area contributed by atoms with Gasteiger partial charge in [0.05, 0.1) is 0 Å². The monoisotopic (exact) mass is 424 g/mol. The van der Waals surface area contributed by atoms with E-state index in [1.807, 2.05) is 4.99 Å². The molecule has 142 valence electrons. The van der Waals surface area contributed by atoms with Crippen LogP contribution in [0.4, 0.5) is 0 Å². The van der Waals surface area contributed by atoms with Gasteiger partial charge in [-0.3, -0.25) is 0 Å². The van der Waals surface area contributed by atoms with E-state index >= 15 is 0 Å². The average Bonchev–Trinajstić information content (AvgIpc) is 2.55. The second-order valence-corrected chi connectivity index (χ2v) is 14.0. The van der Waals surface area contributed by atoms with E-state index in [1.54, 1.807) is 0 Å². The first-order valence-electron chi connectivity index (χ1n) is 9.81. The fraction of sp³-hybridized carbons (Fsp3) is 0.636. The van der Waals surface area contributed by atoms with Gasteiger partial charge in [-0.15, -0.1) is 0 Å². The molecule has 0 aliphatic carbocycles. The zero-order valence-electron chi connectivity index (χ0n) is 17.0. The largest absolute Gasteiger partial charge is 0.416 e. The van der Waals surface area contributed by atoms with Gasteiger partial charge in [0, 0.05) is 6.61 Å². The minimum Gasteiger partial charge on any atom is -0.416 e. The zero-order valence-corrected chi connectivity index (χ0v) is 19.6. The third-order valence-electron chi connectivity index (χ3n) is 5.40. The maximum atomic E-state index is 6.67. The Hall–Kier alpha value is -0.383. The molecule has 25 heavy (non-hydrogen) atoms. The summed E-state index contributed by atoms with van der Waals surface area (Å²) in [5, 5.41) is 0. The molecule has 1 rings (SSSR count). The van der Waals surface area contributed by atoms with Crippen LogP contribution in [-0.4, -0.2) is 14.9 Å². The number of halogens is 1. The molecule has 0 amide bonds. The van der Waals surface area contributed by atoms with Crippen LogP contribution >= 0.6 is 15.9 Å². The number of allylic oxidation sites excluding steroid dienone is 1. The summed E-state index contributed by atoms with van der Waals surface area (Å²) in [5.74, 6) is 0. The van der Waals surface area contributed by atoms with Gasteiger partial charge in [0.15, 0.2) is 8.32 Å². The molecule has 0 N–H and O–H groups in total. The van der Waals surface area contributed by atoms with Crippen LogP contribution in [-0.2, 0) is 17.3 Å². The second kappa shape index (κ2) is 11.4. The van der Waals surface area contributed by atoms with Crippen LogP contribution in [0.25, 0.3) is 0 Å². The topological polar surface area (TPSA) is 9.23 Å². The summed E-state index contributed by atoms with van der Waals surface area (Å²) in [6.45, 7) is 15.0. The van der Waals surface area contributed by atoms with E-state index in [9.17, 15) is 0 Å². The number of rotatable bonds is 11. The Balaban J connectivity index is 2.57. The first kappa shape index (κ1) is 22.7. The first-order valence-corrected chi connectivity index (χ1v) is 12.9. The lowest BCUT2D eigenvalue weighted by Crippen LogP contribution is -2.48. The van der Waals surface area contributed by atoms with E-state index in [2.05, 4.69) is 87.8 Å². The molecule has 0 bridgehead atoms. The SMILES string of the molecule is CC(C)[Si](OCCc1ccc(CCC/C=C/Br)cc1)(C(C)C)C(C)C. The van der Waals surface area contributed by atoms with Crippen molar-refractivity contribution in [1.82, 2.24) is 0 Å². The highest BCUT2D eigenvalue weighted by Crippen LogP contribution is 2.42. The first-order chi connectivity index (χ1) is 11.8. The molecule has 0 unspecified atom stereocenters. The third-order valence-corrected chi connectivity index (χ3v) is 11.9. The predicted molar refractivity (Wildman–Crippen MR) is 118 cm³/mol. The van der Waals surface area contributed by atoms with Crippen molar-refractivity contribution < 1.29 is 4.43 Å². The highest BCUT2D eigenvalue weighted by atomic mass is 79.9. The minimum absolute atomic E-state index is 0.656. The van der Waals surface area contributed by atoms with Crippen LogP contribution in [0.2, 0.25) is 16.6 Å². The Morgan fingerprint density at radius 3 is 1.80 bits per heavy atom. The van der Waals surface area contributed by atoms with Gasteiger partial charge in [0.1, 0.15) is 0 Å². The Kier molecular flexibility index (Phi) is 10.3. The van der Waals surface area contributed by atoms with Crippen LogP contribution in [0.15, 0.2) is 35.3 Å². The van der Waals surface area contributed by atoms with E-state index in [1.165, 1.54) is 17.5 Å². The van der Waals surface area contributed by atoms with Gasteiger partial charge in [-0.2, -0.15) is 0 Å². The standard InChI is InChI=1S/C22H37BrOSi/c1-18(2)25(19(3)4,20(5)6)24-17-15-22-13-11-21(12-14-22)10-8-7-9-16-23/h9,11-14,16,18-20H,7-8,10,15,17H2,1-6H3/b16-9+. The van der Waals surface area contributed by atoms with Crippen molar-refractivity contribution in [2.45, 2.75) is 83.8 Å². The summed E-state index contributed by atoms with van der Waals surface area (Å²) in [4.78, 5) is 1.95. The smallest absolute Gasteiger partial charge is 0.200 e. The number of unbranched alkanes of at least 4 members (excludes halogenated alkanes) is 1. The van der Waals surface area contributed by atoms with Crippen molar-refractivity contribution in [2.24, 2.45) is 0 Å². The van der Waals surface area contributed by atoms with Gasteiger partial charge in [-0.05, 0) is 58.4 Å². The molecule has 0 atom stereocenters. The predicted octanol–water partition coefficient (Wildman–Crippen LogP) is 7.65. The Labute approximate surface area is 165 Å². The molecule has 0 heterocycles. The lowest BCUT2D eigenvalue weighted by atomic mass is 10.0.